The van der Waals surface area contributed by atoms with Crippen molar-refractivity contribution in [1.29, 1.82) is 0 Å². The minimum atomic E-state index is -1.09. The summed E-state index contributed by atoms with van der Waals surface area (Å²) in [5, 5.41) is 14.4. The van der Waals surface area contributed by atoms with Crippen LogP contribution in [0.2, 0.25) is 0 Å². The molecule has 0 aliphatic carbocycles. The van der Waals surface area contributed by atoms with Gasteiger partial charge in [0.1, 0.15) is 12.1 Å². The number of nitrogens with one attached hydrogen (secondary N) is 2. The molecule has 1 aromatic rings. The summed E-state index contributed by atoms with van der Waals surface area (Å²) >= 11 is 0. The Balaban J connectivity index is 2.80. The maximum atomic E-state index is 12.5. The normalized spacial score (nSPS) is 13.6. The lowest BCUT2D eigenvalue weighted by Crippen LogP contribution is -2.52. The predicted octanol–water partition coefficient (Wildman–Crippen LogP) is 2.04. The molecule has 1 aromatic heterocycles. The van der Waals surface area contributed by atoms with Crippen LogP contribution < -0.4 is 10.6 Å². The topological polar surface area (TPSA) is 109 Å². The standard InChI is InChI=1S/C17H26N2O5/c1-10(2)8-12(18-16(21)14-6-5-7-24-14)15(20)19-13(17(22)23)9-11(3)4/h5-7,10-13H,8-9H2,1-4H3,(H,18,21)(H,19,20)(H,22,23)/t12-,13-/m1/s1. The highest BCUT2D eigenvalue weighted by atomic mass is 16.4. The van der Waals surface area contributed by atoms with Gasteiger partial charge in [-0.25, -0.2) is 4.79 Å². The van der Waals surface area contributed by atoms with Crippen molar-refractivity contribution in [2.75, 3.05) is 0 Å². The third-order valence-electron chi connectivity index (χ3n) is 3.40. The Kier molecular flexibility index (Phi) is 7.48. The molecular weight excluding hydrogens is 312 g/mol. The third-order valence-corrected chi connectivity index (χ3v) is 3.40. The second kappa shape index (κ2) is 9.10. The minimum Gasteiger partial charge on any atom is -0.480 e. The molecule has 0 saturated carbocycles. The van der Waals surface area contributed by atoms with Gasteiger partial charge in [-0.1, -0.05) is 27.7 Å². The van der Waals surface area contributed by atoms with Crippen molar-refractivity contribution in [3.63, 3.8) is 0 Å². The molecule has 7 heteroatoms. The summed E-state index contributed by atoms with van der Waals surface area (Å²) in [6, 6.07) is 1.28. The van der Waals surface area contributed by atoms with Gasteiger partial charge in [0.15, 0.2) is 5.76 Å². The number of hydrogen-bond acceptors (Lipinski definition) is 4. The first-order chi connectivity index (χ1) is 11.2. The summed E-state index contributed by atoms with van der Waals surface area (Å²) in [6.07, 6.45) is 2.09. The van der Waals surface area contributed by atoms with E-state index in [1.54, 1.807) is 6.07 Å². The molecule has 3 N–H and O–H groups in total. The lowest BCUT2D eigenvalue weighted by molar-refractivity contribution is -0.142. The van der Waals surface area contributed by atoms with E-state index >= 15 is 0 Å². The SMILES string of the molecule is CC(C)C[C@@H](NC(=O)[C@@H](CC(C)C)NC(=O)c1ccco1)C(=O)O. The number of hydrogen-bond donors (Lipinski definition) is 3. The van der Waals surface area contributed by atoms with E-state index in [9.17, 15) is 19.5 Å². The monoisotopic (exact) mass is 338 g/mol. The zero-order valence-corrected chi connectivity index (χ0v) is 14.5. The van der Waals surface area contributed by atoms with Crippen LogP contribution in [0.4, 0.5) is 0 Å². The van der Waals surface area contributed by atoms with E-state index in [-0.39, 0.29) is 17.6 Å². The van der Waals surface area contributed by atoms with Crippen molar-refractivity contribution < 1.29 is 23.9 Å². The van der Waals surface area contributed by atoms with Crippen LogP contribution in [0.3, 0.4) is 0 Å². The molecule has 7 nitrogen and oxygen atoms in total. The third kappa shape index (κ3) is 6.44. The zero-order valence-electron chi connectivity index (χ0n) is 14.5. The highest BCUT2D eigenvalue weighted by molar-refractivity contribution is 5.96. The lowest BCUT2D eigenvalue weighted by Gasteiger charge is -2.23. The maximum absolute atomic E-state index is 12.5. The first-order valence-corrected chi connectivity index (χ1v) is 8.08. The van der Waals surface area contributed by atoms with Gasteiger partial charge in [0.25, 0.3) is 5.91 Å². The Labute approximate surface area is 141 Å². The molecule has 0 fully saturated rings. The summed E-state index contributed by atoms with van der Waals surface area (Å²) in [6.45, 7) is 7.60. The summed E-state index contributed by atoms with van der Waals surface area (Å²) < 4.78 is 5.01. The van der Waals surface area contributed by atoms with Gasteiger partial charge in [0.05, 0.1) is 6.26 Å². The number of amides is 2. The number of aliphatic carboxylic acids is 1. The van der Waals surface area contributed by atoms with E-state index in [2.05, 4.69) is 10.6 Å². The summed E-state index contributed by atoms with van der Waals surface area (Å²) in [5.74, 6) is -1.72. The predicted molar refractivity (Wildman–Crippen MR) is 88.4 cm³/mol. The van der Waals surface area contributed by atoms with Crippen LogP contribution in [0.1, 0.15) is 51.1 Å². The second-order valence-corrected chi connectivity index (χ2v) is 6.66. The van der Waals surface area contributed by atoms with Gasteiger partial charge in [0, 0.05) is 0 Å². The Hall–Kier alpha value is -2.31. The van der Waals surface area contributed by atoms with Crippen LogP contribution in [-0.4, -0.2) is 35.0 Å². The number of furan rings is 1. The van der Waals surface area contributed by atoms with Gasteiger partial charge in [-0.2, -0.15) is 0 Å². The first kappa shape index (κ1) is 19.7. The molecule has 24 heavy (non-hydrogen) atoms. The van der Waals surface area contributed by atoms with Crippen molar-refractivity contribution in [3.05, 3.63) is 24.2 Å². The molecule has 2 atom stereocenters. The molecule has 0 aromatic carbocycles. The molecule has 0 spiro atoms. The first-order valence-electron chi connectivity index (χ1n) is 8.08. The van der Waals surface area contributed by atoms with Crippen molar-refractivity contribution in [2.45, 2.75) is 52.6 Å². The van der Waals surface area contributed by atoms with E-state index in [1.807, 2.05) is 27.7 Å². The molecular formula is C17H26N2O5. The average molecular weight is 338 g/mol. The summed E-state index contributed by atoms with van der Waals surface area (Å²) in [5.41, 5.74) is 0. The highest BCUT2D eigenvalue weighted by Crippen LogP contribution is 2.10. The molecule has 0 unspecified atom stereocenters. The largest absolute Gasteiger partial charge is 0.480 e. The van der Waals surface area contributed by atoms with Crippen molar-refractivity contribution in [1.82, 2.24) is 10.6 Å². The molecule has 134 valence electrons. The Bertz CT molecular complexity index is 551. The van der Waals surface area contributed by atoms with E-state index in [1.165, 1.54) is 12.3 Å². The average Bonchev–Trinajstić information content (AvgIpc) is 2.98. The molecule has 0 saturated heterocycles. The zero-order chi connectivity index (χ0) is 18.3. The van der Waals surface area contributed by atoms with Crippen molar-refractivity contribution in [2.24, 2.45) is 11.8 Å². The summed E-state index contributed by atoms with van der Waals surface area (Å²) in [4.78, 5) is 35.9. The fraction of sp³-hybridized carbons (Fsp3) is 0.588. The van der Waals surface area contributed by atoms with Gasteiger partial charge < -0.3 is 20.2 Å². The Morgan fingerprint density at radius 3 is 2.08 bits per heavy atom. The number of carboxylic acid groups (broad SMARTS) is 1. The Morgan fingerprint density at radius 2 is 1.62 bits per heavy atom. The minimum absolute atomic E-state index is 0.105. The Morgan fingerprint density at radius 1 is 1.04 bits per heavy atom. The van der Waals surface area contributed by atoms with Crippen molar-refractivity contribution >= 4 is 17.8 Å². The molecule has 1 rings (SSSR count). The lowest BCUT2D eigenvalue weighted by atomic mass is 10.0. The number of carbonyl (C=O) groups is 3. The van der Waals surface area contributed by atoms with Crippen LogP contribution >= 0.6 is 0 Å². The van der Waals surface area contributed by atoms with Crippen LogP contribution in [0, 0.1) is 11.8 Å². The molecule has 0 aliphatic rings. The molecule has 0 bridgehead atoms. The maximum Gasteiger partial charge on any atom is 0.326 e. The van der Waals surface area contributed by atoms with Crippen LogP contribution in [-0.2, 0) is 9.59 Å². The molecule has 0 aliphatic heterocycles. The van der Waals surface area contributed by atoms with Crippen LogP contribution in [0.5, 0.6) is 0 Å². The van der Waals surface area contributed by atoms with E-state index in [0.717, 1.165) is 0 Å². The van der Waals surface area contributed by atoms with Crippen molar-refractivity contribution in [3.8, 4) is 0 Å². The molecule has 2 amide bonds. The summed E-state index contributed by atoms with van der Waals surface area (Å²) in [7, 11) is 0. The smallest absolute Gasteiger partial charge is 0.326 e. The highest BCUT2D eigenvalue weighted by Gasteiger charge is 2.28. The number of carboxylic acids is 1. The van der Waals surface area contributed by atoms with E-state index < -0.39 is 29.9 Å². The number of rotatable bonds is 9. The van der Waals surface area contributed by atoms with E-state index in [4.69, 9.17) is 4.42 Å². The van der Waals surface area contributed by atoms with Crippen LogP contribution in [0.15, 0.2) is 22.8 Å². The quantitative estimate of drug-likeness (QED) is 0.638. The fourth-order valence-electron chi connectivity index (χ4n) is 2.31. The second-order valence-electron chi connectivity index (χ2n) is 6.66. The van der Waals surface area contributed by atoms with Gasteiger partial charge in [-0.15, -0.1) is 0 Å². The molecule has 1 heterocycles. The number of carbonyl (C=O) groups excluding carboxylic acids is 2. The van der Waals surface area contributed by atoms with E-state index in [0.29, 0.717) is 12.8 Å². The van der Waals surface area contributed by atoms with Crippen LogP contribution in [0.25, 0.3) is 0 Å². The van der Waals surface area contributed by atoms with Gasteiger partial charge in [0.2, 0.25) is 5.91 Å². The van der Waals surface area contributed by atoms with Gasteiger partial charge >= 0.3 is 5.97 Å². The molecule has 0 radical (unpaired) electrons. The van der Waals surface area contributed by atoms with Gasteiger partial charge in [-0.05, 0) is 36.8 Å². The fourth-order valence-corrected chi connectivity index (χ4v) is 2.31. The van der Waals surface area contributed by atoms with Gasteiger partial charge in [-0.3, -0.25) is 9.59 Å².